The van der Waals surface area contributed by atoms with Gasteiger partial charge in [-0.05, 0) is 24.3 Å². The van der Waals surface area contributed by atoms with Crippen LogP contribution in [0.25, 0.3) is 0 Å². The molecule has 0 radical (unpaired) electrons. The van der Waals surface area contributed by atoms with Gasteiger partial charge in [-0.1, -0.05) is 36.4 Å². The smallest absolute Gasteiger partial charge is 0.271 e. The van der Waals surface area contributed by atoms with Crippen LogP contribution in [0, 0.1) is 0 Å². The van der Waals surface area contributed by atoms with Crippen LogP contribution in [-0.2, 0) is 0 Å². The SMILES string of the molecule is O=C(N/N=C/C(C[C@H](O)[C@H](O)CO)=N/NC(=O)c1ccccc1)c1ccccc1. The summed E-state index contributed by atoms with van der Waals surface area (Å²) in [7, 11) is 0. The second-order valence-electron chi connectivity index (χ2n) is 6.00. The van der Waals surface area contributed by atoms with E-state index in [9.17, 15) is 19.8 Å². The Morgan fingerprint density at radius 1 is 0.862 bits per heavy atom. The third-order valence-electron chi connectivity index (χ3n) is 3.80. The number of amides is 2. The monoisotopic (exact) mass is 398 g/mol. The maximum Gasteiger partial charge on any atom is 0.271 e. The fourth-order valence-electron chi connectivity index (χ4n) is 2.20. The molecule has 0 aliphatic rings. The number of hydrazone groups is 2. The van der Waals surface area contributed by atoms with Crippen LogP contribution in [0.5, 0.6) is 0 Å². The maximum absolute atomic E-state index is 12.1. The van der Waals surface area contributed by atoms with E-state index in [1.165, 1.54) is 0 Å². The first-order chi connectivity index (χ1) is 14.0. The lowest BCUT2D eigenvalue weighted by Gasteiger charge is -2.15. The number of nitrogens with zero attached hydrogens (tertiary/aromatic N) is 2. The summed E-state index contributed by atoms with van der Waals surface area (Å²) in [6.45, 7) is -0.646. The summed E-state index contributed by atoms with van der Waals surface area (Å²) in [4.78, 5) is 24.1. The molecule has 9 heteroatoms. The van der Waals surface area contributed by atoms with Crippen molar-refractivity contribution in [3.8, 4) is 0 Å². The second kappa shape index (κ2) is 11.4. The molecule has 9 nitrogen and oxygen atoms in total. The molecule has 152 valence electrons. The molecule has 0 heterocycles. The molecule has 0 unspecified atom stereocenters. The molecule has 2 aromatic carbocycles. The maximum atomic E-state index is 12.1. The average Bonchev–Trinajstić information content (AvgIpc) is 2.77. The first-order valence-electron chi connectivity index (χ1n) is 8.78. The summed E-state index contributed by atoms with van der Waals surface area (Å²) in [5.41, 5.74) is 5.48. The van der Waals surface area contributed by atoms with Gasteiger partial charge in [-0.25, -0.2) is 10.9 Å². The van der Waals surface area contributed by atoms with Crippen LogP contribution in [0.3, 0.4) is 0 Å². The Morgan fingerprint density at radius 2 is 1.38 bits per heavy atom. The summed E-state index contributed by atoms with van der Waals surface area (Å²) in [6.07, 6.45) is -1.82. The largest absolute Gasteiger partial charge is 0.394 e. The molecule has 0 aliphatic carbocycles. The van der Waals surface area contributed by atoms with Gasteiger partial charge in [0.25, 0.3) is 11.8 Å². The topological polar surface area (TPSA) is 144 Å². The summed E-state index contributed by atoms with van der Waals surface area (Å²) in [6, 6.07) is 16.8. The van der Waals surface area contributed by atoms with Crippen LogP contribution in [0.1, 0.15) is 27.1 Å². The first kappa shape index (κ1) is 21.9. The fraction of sp³-hybridized carbons (Fsp3) is 0.200. The third kappa shape index (κ3) is 7.26. The van der Waals surface area contributed by atoms with Gasteiger partial charge in [0.1, 0.15) is 6.10 Å². The molecule has 0 bridgehead atoms. The van der Waals surface area contributed by atoms with E-state index in [-0.39, 0.29) is 12.1 Å². The van der Waals surface area contributed by atoms with Crippen LogP contribution in [0.15, 0.2) is 70.9 Å². The van der Waals surface area contributed by atoms with Gasteiger partial charge in [0.05, 0.1) is 24.6 Å². The Hall–Kier alpha value is -3.40. The van der Waals surface area contributed by atoms with E-state index in [2.05, 4.69) is 21.1 Å². The van der Waals surface area contributed by atoms with E-state index in [1.807, 2.05) is 0 Å². The number of aliphatic hydroxyl groups excluding tert-OH is 3. The van der Waals surface area contributed by atoms with Gasteiger partial charge in [0.15, 0.2) is 0 Å². The second-order valence-corrected chi connectivity index (χ2v) is 6.00. The van der Waals surface area contributed by atoms with Crippen molar-refractivity contribution in [2.24, 2.45) is 10.2 Å². The number of aliphatic hydroxyl groups is 3. The van der Waals surface area contributed by atoms with E-state index in [0.717, 1.165) is 6.21 Å². The van der Waals surface area contributed by atoms with Gasteiger partial charge in [0, 0.05) is 17.5 Å². The zero-order chi connectivity index (χ0) is 21.1. The zero-order valence-corrected chi connectivity index (χ0v) is 15.5. The number of nitrogens with one attached hydrogen (secondary N) is 2. The molecule has 0 fully saturated rings. The van der Waals surface area contributed by atoms with Crippen LogP contribution in [0.4, 0.5) is 0 Å². The molecule has 2 atom stereocenters. The number of carbonyl (C=O) groups excluding carboxylic acids is 2. The van der Waals surface area contributed by atoms with Crippen LogP contribution in [-0.4, -0.2) is 57.9 Å². The molecule has 5 N–H and O–H groups in total. The van der Waals surface area contributed by atoms with E-state index in [1.54, 1.807) is 60.7 Å². The van der Waals surface area contributed by atoms with Gasteiger partial charge in [-0.2, -0.15) is 10.2 Å². The summed E-state index contributed by atoms with van der Waals surface area (Å²) < 4.78 is 0. The van der Waals surface area contributed by atoms with Crippen molar-refractivity contribution in [2.45, 2.75) is 18.6 Å². The highest BCUT2D eigenvalue weighted by Gasteiger charge is 2.17. The lowest BCUT2D eigenvalue weighted by atomic mass is 10.1. The van der Waals surface area contributed by atoms with Gasteiger partial charge in [-0.15, -0.1) is 0 Å². The van der Waals surface area contributed by atoms with Crippen molar-refractivity contribution < 1.29 is 24.9 Å². The van der Waals surface area contributed by atoms with Gasteiger partial charge >= 0.3 is 0 Å². The van der Waals surface area contributed by atoms with Crippen molar-refractivity contribution in [3.05, 3.63) is 71.8 Å². The average molecular weight is 398 g/mol. The Bertz CT molecular complexity index is 856. The van der Waals surface area contributed by atoms with E-state index in [0.29, 0.717) is 11.1 Å². The van der Waals surface area contributed by atoms with Gasteiger partial charge in [0.2, 0.25) is 0 Å². The first-order valence-corrected chi connectivity index (χ1v) is 8.78. The summed E-state index contributed by atoms with van der Waals surface area (Å²) in [5.74, 6) is -0.938. The van der Waals surface area contributed by atoms with E-state index in [4.69, 9.17) is 5.11 Å². The molecule has 0 aliphatic heterocycles. The van der Waals surface area contributed by atoms with Crippen molar-refractivity contribution >= 4 is 23.7 Å². The number of benzene rings is 2. The number of hydrogen-bond acceptors (Lipinski definition) is 7. The minimum atomic E-state index is -1.39. The molecular formula is C20H22N4O5. The molecule has 0 saturated heterocycles. The van der Waals surface area contributed by atoms with Crippen molar-refractivity contribution in [1.29, 1.82) is 0 Å². The van der Waals surface area contributed by atoms with E-state index >= 15 is 0 Å². The number of rotatable bonds is 9. The minimum Gasteiger partial charge on any atom is -0.394 e. The normalized spacial score (nSPS) is 13.7. The standard InChI is InChI=1S/C20H22N4O5/c25-13-18(27)17(26)11-16(22-24-20(29)15-9-5-2-6-10-15)12-21-23-19(28)14-7-3-1-4-8-14/h1-10,12,17-18,25-27H,11,13H2,(H,23,28)(H,24,29)/b21-12+,22-16+/t17-,18+/m0/s1. The summed E-state index contributed by atoms with van der Waals surface area (Å²) in [5, 5.41) is 36.1. The Kier molecular flexibility index (Phi) is 8.64. The third-order valence-corrected chi connectivity index (χ3v) is 3.80. The quantitative estimate of drug-likeness (QED) is 0.305. The molecule has 2 rings (SSSR count). The Morgan fingerprint density at radius 3 is 1.90 bits per heavy atom. The molecule has 0 saturated carbocycles. The van der Waals surface area contributed by atoms with Crippen LogP contribution in [0.2, 0.25) is 0 Å². The highest BCUT2D eigenvalue weighted by molar-refractivity contribution is 6.31. The van der Waals surface area contributed by atoms with Crippen molar-refractivity contribution in [1.82, 2.24) is 10.9 Å². The van der Waals surface area contributed by atoms with Crippen molar-refractivity contribution in [2.75, 3.05) is 6.61 Å². The van der Waals surface area contributed by atoms with Crippen LogP contribution < -0.4 is 10.9 Å². The lowest BCUT2D eigenvalue weighted by molar-refractivity contribution is -0.00975. The predicted octanol–water partition coefficient (Wildman–Crippen LogP) is 0.292. The minimum absolute atomic E-state index is 0.0719. The van der Waals surface area contributed by atoms with Crippen LogP contribution >= 0.6 is 0 Å². The van der Waals surface area contributed by atoms with Gasteiger partial charge < -0.3 is 15.3 Å². The molecule has 0 spiro atoms. The number of carbonyl (C=O) groups is 2. The highest BCUT2D eigenvalue weighted by Crippen LogP contribution is 2.02. The van der Waals surface area contributed by atoms with E-state index < -0.39 is 30.6 Å². The Labute approximate surface area is 167 Å². The molecule has 2 amide bonds. The fourth-order valence-corrected chi connectivity index (χ4v) is 2.20. The lowest BCUT2D eigenvalue weighted by Crippen LogP contribution is -2.33. The molecular weight excluding hydrogens is 376 g/mol. The molecule has 0 aromatic heterocycles. The van der Waals surface area contributed by atoms with Crippen molar-refractivity contribution in [3.63, 3.8) is 0 Å². The zero-order valence-electron chi connectivity index (χ0n) is 15.5. The molecule has 2 aromatic rings. The molecule has 29 heavy (non-hydrogen) atoms. The predicted molar refractivity (Wildman–Crippen MR) is 107 cm³/mol. The Balaban J connectivity index is 2.07. The summed E-state index contributed by atoms with van der Waals surface area (Å²) >= 11 is 0. The highest BCUT2D eigenvalue weighted by atomic mass is 16.4. The van der Waals surface area contributed by atoms with Gasteiger partial charge in [-0.3, -0.25) is 9.59 Å². The number of hydrogen-bond donors (Lipinski definition) is 5.